The van der Waals surface area contributed by atoms with Crippen molar-refractivity contribution < 1.29 is 9.18 Å². The van der Waals surface area contributed by atoms with Crippen LogP contribution in [-0.4, -0.2) is 10.9 Å². The van der Waals surface area contributed by atoms with Crippen molar-refractivity contribution in [3.8, 4) is 0 Å². The van der Waals surface area contributed by atoms with Crippen LogP contribution in [0.1, 0.15) is 39.7 Å². The Morgan fingerprint density at radius 1 is 1.33 bits per heavy atom. The van der Waals surface area contributed by atoms with E-state index < -0.39 is 0 Å². The summed E-state index contributed by atoms with van der Waals surface area (Å²) in [7, 11) is 0. The van der Waals surface area contributed by atoms with Crippen LogP contribution < -0.4 is 16.8 Å². The lowest BCUT2D eigenvalue weighted by molar-refractivity contribution is -0.117. The third kappa shape index (κ3) is 13.7. The van der Waals surface area contributed by atoms with Gasteiger partial charge in [0, 0.05) is 17.7 Å². The molecule has 0 saturated heterocycles. The number of benzene rings is 1. The van der Waals surface area contributed by atoms with Gasteiger partial charge >= 0.3 is 0 Å². The number of aryl methyl sites for hydroxylation is 1. The third-order valence-electron chi connectivity index (χ3n) is 3.10. The van der Waals surface area contributed by atoms with Crippen molar-refractivity contribution in [1.82, 2.24) is 5.32 Å². The minimum Gasteiger partial charge on any atom is -0.402 e. The van der Waals surface area contributed by atoms with Crippen LogP contribution in [0.3, 0.4) is 0 Å². The van der Waals surface area contributed by atoms with E-state index in [0.29, 0.717) is 17.1 Å². The molecule has 0 aliphatic carbocycles. The van der Waals surface area contributed by atoms with Gasteiger partial charge in [0.2, 0.25) is 5.91 Å². The molecule has 7 heteroatoms. The lowest BCUT2D eigenvalue weighted by atomic mass is 10.1. The number of hydrogen-bond acceptors (Lipinski definition) is 4. The standard InChI is InChI=1S/C10H16N2S2.C7H7F.C3H7NO/c1-5-12-10(14)9(7(3)11)6(2)8(4)13;1-6-3-2-4-7(8)5-6;1-2-3(4)5/h5,13H,1,11H2,2-4H3,(H,12,14);2-5H,1H3;2H2,1H3,(H2,4,5)/b8-6-,9-7-;;. The van der Waals surface area contributed by atoms with E-state index in [1.165, 1.54) is 18.3 Å². The van der Waals surface area contributed by atoms with Gasteiger partial charge < -0.3 is 16.8 Å². The fourth-order valence-corrected chi connectivity index (χ4v) is 2.11. The Hall–Kier alpha value is -2.12. The summed E-state index contributed by atoms with van der Waals surface area (Å²) in [5.41, 5.74) is 13.9. The summed E-state index contributed by atoms with van der Waals surface area (Å²) in [4.78, 5) is 11.1. The summed E-state index contributed by atoms with van der Waals surface area (Å²) in [6.07, 6.45) is 1.98. The van der Waals surface area contributed by atoms with E-state index in [2.05, 4.69) is 30.3 Å². The second-order valence-electron chi connectivity index (χ2n) is 5.56. The van der Waals surface area contributed by atoms with Gasteiger partial charge in [-0.25, -0.2) is 4.39 Å². The lowest BCUT2D eigenvalue weighted by Gasteiger charge is -2.12. The van der Waals surface area contributed by atoms with E-state index in [0.717, 1.165) is 21.6 Å². The SMILES string of the molecule is C=CNC(=S)C(=C(/C)N)/C(C)=C(/C)S.CCC(N)=O.Cc1cccc(F)c1. The highest BCUT2D eigenvalue weighted by Crippen LogP contribution is 2.19. The molecule has 1 aromatic rings. The highest BCUT2D eigenvalue weighted by molar-refractivity contribution is 7.84. The maximum absolute atomic E-state index is 12.2. The van der Waals surface area contributed by atoms with Gasteiger partial charge in [0.15, 0.2) is 0 Å². The first-order valence-electron chi connectivity index (χ1n) is 8.23. The number of thiocarbonyl (C=S) groups is 1. The van der Waals surface area contributed by atoms with Crippen molar-refractivity contribution in [2.45, 2.75) is 41.0 Å². The van der Waals surface area contributed by atoms with Crippen LogP contribution in [-0.2, 0) is 4.79 Å². The van der Waals surface area contributed by atoms with Crippen LogP contribution in [0.25, 0.3) is 0 Å². The minimum absolute atomic E-state index is 0.162. The molecule has 0 heterocycles. The zero-order valence-electron chi connectivity index (χ0n) is 16.6. The predicted molar refractivity (Wildman–Crippen MR) is 121 cm³/mol. The average Bonchev–Trinajstić information content (AvgIpc) is 2.55. The fraction of sp³-hybridized carbons (Fsp3) is 0.300. The summed E-state index contributed by atoms with van der Waals surface area (Å²) >= 11 is 9.42. The zero-order valence-corrected chi connectivity index (χ0v) is 18.3. The first kappa shape index (κ1) is 27.1. The van der Waals surface area contributed by atoms with Gasteiger partial charge in [-0.05, 0) is 62.1 Å². The van der Waals surface area contributed by atoms with Crippen LogP contribution in [0.2, 0.25) is 0 Å². The van der Waals surface area contributed by atoms with E-state index in [4.69, 9.17) is 18.0 Å². The summed E-state index contributed by atoms with van der Waals surface area (Å²) in [5.74, 6) is -0.407. The number of allylic oxidation sites excluding steroid dienone is 2. The molecule has 0 aliphatic heterocycles. The van der Waals surface area contributed by atoms with E-state index in [9.17, 15) is 9.18 Å². The predicted octanol–water partition coefficient (Wildman–Crippen LogP) is 4.52. The Labute approximate surface area is 173 Å². The number of nitrogens with two attached hydrogens (primary N) is 2. The number of amides is 1. The Morgan fingerprint density at radius 2 is 1.85 bits per heavy atom. The quantitative estimate of drug-likeness (QED) is 0.254. The molecule has 0 atom stereocenters. The molecule has 27 heavy (non-hydrogen) atoms. The molecule has 0 unspecified atom stereocenters. The van der Waals surface area contributed by atoms with E-state index in [1.54, 1.807) is 13.0 Å². The Balaban J connectivity index is 0. The fourth-order valence-electron chi connectivity index (χ4n) is 1.60. The largest absolute Gasteiger partial charge is 0.402 e. The molecule has 0 fully saturated rings. The molecule has 1 rings (SSSR count). The smallest absolute Gasteiger partial charge is 0.217 e. The highest BCUT2D eigenvalue weighted by Gasteiger charge is 2.09. The number of thiol groups is 1. The van der Waals surface area contributed by atoms with Crippen LogP contribution >= 0.6 is 24.8 Å². The second-order valence-corrected chi connectivity index (χ2v) is 6.64. The summed E-state index contributed by atoms with van der Waals surface area (Å²) < 4.78 is 12.2. The zero-order chi connectivity index (χ0) is 21.6. The van der Waals surface area contributed by atoms with E-state index >= 15 is 0 Å². The summed E-state index contributed by atoms with van der Waals surface area (Å²) in [6.45, 7) is 12.8. The number of primary amides is 1. The molecule has 150 valence electrons. The van der Waals surface area contributed by atoms with Gasteiger partial charge in [-0.2, -0.15) is 0 Å². The number of nitrogens with one attached hydrogen (secondary N) is 1. The number of hydrogen-bond donors (Lipinski definition) is 4. The first-order valence-corrected chi connectivity index (χ1v) is 9.08. The van der Waals surface area contributed by atoms with E-state index in [-0.39, 0.29) is 11.7 Å². The van der Waals surface area contributed by atoms with Crippen molar-refractivity contribution in [1.29, 1.82) is 0 Å². The number of carbonyl (C=O) groups is 1. The second kappa shape index (κ2) is 15.0. The Morgan fingerprint density at radius 3 is 2.11 bits per heavy atom. The van der Waals surface area contributed by atoms with Crippen molar-refractivity contribution in [3.05, 3.63) is 70.2 Å². The Kier molecular flexibility index (Phi) is 15.0. The molecule has 1 amide bonds. The highest BCUT2D eigenvalue weighted by atomic mass is 32.1. The molecular weight excluding hydrogens is 381 g/mol. The average molecular weight is 412 g/mol. The molecule has 0 aromatic heterocycles. The van der Waals surface area contributed by atoms with Crippen molar-refractivity contribution in [2.75, 3.05) is 0 Å². The van der Waals surface area contributed by atoms with Crippen molar-refractivity contribution in [3.63, 3.8) is 0 Å². The molecular formula is C20H30FN3OS2. The first-order chi connectivity index (χ1) is 12.5. The number of carbonyl (C=O) groups excluding carboxylic acids is 1. The minimum atomic E-state index is -0.245. The molecule has 0 bridgehead atoms. The van der Waals surface area contributed by atoms with Crippen LogP contribution in [0.15, 0.2) is 58.8 Å². The van der Waals surface area contributed by atoms with Gasteiger partial charge in [0.05, 0.1) is 0 Å². The van der Waals surface area contributed by atoms with Crippen LogP contribution in [0.5, 0.6) is 0 Å². The van der Waals surface area contributed by atoms with Crippen molar-refractivity contribution >= 4 is 35.7 Å². The topological polar surface area (TPSA) is 81.1 Å². The monoisotopic (exact) mass is 411 g/mol. The summed E-state index contributed by atoms with van der Waals surface area (Å²) in [5, 5.41) is 2.85. The molecule has 0 spiro atoms. The normalized spacial score (nSPS) is 11.4. The van der Waals surface area contributed by atoms with Gasteiger partial charge in [-0.1, -0.05) is 37.9 Å². The number of rotatable bonds is 4. The van der Waals surface area contributed by atoms with Crippen LogP contribution in [0, 0.1) is 12.7 Å². The maximum Gasteiger partial charge on any atom is 0.217 e. The van der Waals surface area contributed by atoms with Gasteiger partial charge in [-0.15, -0.1) is 12.6 Å². The van der Waals surface area contributed by atoms with Crippen LogP contribution in [0.4, 0.5) is 4.39 Å². The third-order valence-corrected chi connectivity index (χ3v) is 3.76. The van der Waals surface area contributed by atoms with Gasteiger partial charge in [-0.3, -0.25) is 4.79 Å². The lowest BCUT2D eigenvalue weighted by Crippen LogP contribution is -2.20. The van der Waals surface area contributed by atoms with Gasteiger partial charge in [0.25, 0.3) is 0 Å². The Bertz CT molecular complexity index is 688. The maximum atomic E-state index is 12.2. The van der Waals surface area contributed by atoms with E-state index in [1.807, 2.05) is 33.8 Å². The summed E-state index contributed by atoms with van der Waals surface area (Å²) in [6, 6.07) is 6.50. The molecule has 4 nitrogen and oxygen atoms in total. The van der Waals surface area contributed by atoms with Gasteiger partial charge in [0.1, 0.15) is 10.8 Å². The van der Waals surface area contributed by atoms with Crippen molar-refractivity contribution in [2.24, 2.45) is 11.5 Å². The molecule has 0 aliphatic rings. The molecule has 0 saturated carbocycles. The molecule has 0 radical (unpaired) electrons. The number of halogens is 1. The molecule has 1 aromatic carbocycles. The molecule has 5 N–H and O–H groups in total.